The van der Waals surface area contributed by atoms with Crippen LogP contribution in [-0.4, -0.2) is 18.4 Å². The standard InChI is InChI=1S/C10H11.3C4H9.Sn/c1-3-4-10-7-5-9(2)6-8-10;3*1-3-4-2;/h3,5-8H,1-2H3;3*1,3-4H2,2H3;. The molecular formula is C22H38Sn. The number of aryl methyl sites for hydroxylation is 1. The van der Waals surface area contributed by atoms with Crippen molar-refractivity contribution in [1.82, 2.24) is 0 Å². The molecule has 0 radical (unpaired) electrons. The number of hydrogen-bond donors (Lipinski definition) is 0. The van der Waals surface area contributed by atoms with Gasteiger partial charge in [0.05, 0.1) is 0 Å². The van der Waals surface area contributed by atoms with Gasteiger partial charge >= 0.3 is 150 Å². The van der Waals surface area contributed by atoms with E-state index in [1.165, 1.54) is 49.7 Å². The van der Waals surface area contributed by atoms with E-state index in [0.717, 1.165) is 0 Å². The summed E-state index contributed by atoms with van der Waals surface area (Å²) in [6, 6.07) is 9.38. The van der Waals surface area contributed by atoms with Gasteiger partial charge in [-0.05, 0) is 0 Å². The minimum atomic E-state index is -2.29. The van der Waals surface area contributed by atoms with Crippen LogP contribution < -0.4 is 0 Å². The van der Waals surface area contributed by atoms with Gasteiger partial charge in [0, 0.05) is 0 Å². The molecule has 0 heterocycles. The Balaban J connectivity index is 3.21. The van der Waals surface area contributed by atoms with Gasteiger partial charge in [-0.3, -0.25) is 0 Å². The molecule has 0 bridgehead atoms. The first-order chi connectivity index (χ1) is 11.1. The van der Waals surface area contributed by atoms with E-state index >= 15 is 0 Å². The van der Waals surface area contributed by atoms with Crippen LogP contribution in [0.15, 0.2) is 30.3 Å². The molecule has 1 aromatic rings. The van der Waals surface area contributed by atoms with Crippen LogP contribution in [0.2, 0.25) is 13.3 Å². The molecule has 0 unspecified atom stereocenters. The Labute approximate surface area is 149 Å². The van der Waals surface area contributed by atoms with Crippen LogP contribution in [0, 0.1) is 6.92 Å². The monoisotopic (exact) mass is 422 g/mol. The van der Waals surface area contributed by atoms with Crippen LogP contribution in [0.4, 0.5) is 0 Å². The van der Waals surface area contributed by atoms with E-state index in [9.17, 15) is 0 Å². The summed E-state index contributed by atoms with van der Waals surface area (Å²) in [5.74, 6) is 0. The summed E-state index contributed by atoms with van der Waals surface area (Å²) in [5, 5.41) is 0. The molecule has 1 rings (SSSR count). The molecular weight excluding hydrogens is 383 g/mol. The molecule has 130 valence electrons. The van der Waals surface area contributed by atoms with Gasteiger partial charge in [-0.1, -0.05) is 0 Å². The van der Waals surface area contributed by atoms with Crippen molar-refractivity contribution in [2.24, 2.45) is 0 Å². The van der Waals surface area contributed by atoms with Crippen LogP contribution in [0.3, 0.4) is 0 Å². The molecule has 0 amide bonds. The van der Waals surface area contributed by atoms with E-state index in [2.05, 4.69) is 65.0 Å². The maximum atomic E-state index is 2.50. The normalized spacial score (nSPS) is 12.7. The predicted molar refractivity (Wildman–Crippen MR) is 110 cm³/mol. The zero-order chi connectivity index (χ0) is 17.1. The molecule has 0 saturated heterocycles. The molecule has 0 aliphatic carbocycles. The fourth-order valence-electron chi connectivity index (χ4n) is 3.84. The third kappa shape index (κ3) is 6.29. The van der Waals surface area contributed by atoms with Gasteiger partial charge in [0.1, 0.15) is 0 Å². The second kappa shape index (κ2) is 11.3. The fraction of sp³-hybridized carbons (Fsp3) is 0.636. The number of rotatable bonds is 11. The summed E-state index contributed by atoms with van der Waals surface area (Å²) in [4.78, 5) is 0. The molecule has 0 N–H and O–H groups in total. The van der Waals surface area contributed by atoms with Crippen molar-refractivity contribution < 1.29 is 0 Å². The van der Waals surface area contributed by atoms with E-state index in [0.29, 0.717) is 0 Å². The summed E-state index contributed by atoms with van der Waals surface area (Å²) in [6.07, 6.45) is 10.9. The predicted octanol–water partition coefficient (Wildman–Crippen LogP) is 7.79. The Kier molecular flexibility index (Phi) is 10.3. The Morgan fingerprint density at radius 2 is 1.26 bits per heavy atom. The first-order valence-corrected chi connectivity index (χ1v) is 17.4. The molecule has 1 heteroatoms. The quantitative estimate of drug-likeness (QED) is 0.320. The zero-order valence-corrected chi connectivity index (χ0v) is 19.1. The zero-order valence-electron chi connectivity index (χ0n) is 16.3. The molecule has 0 aromatic heterocycles. The van der Waals surface area contributed by atoms with Crippen molar-refractivity contribution in [3.05, 3.63) is 41.5 Å². The third-order valence-electron chi connectivity index (χ3n) is 5.25. The van der Waals surface area contributed by atoms with Crippen LogP contribution in [0.1, 0.15) is 77.3 Å². The number of hydrogen-bond acceptors (Lipinski definition) is 0. The van der Waals surface area contributed by atoms with Crippen molar-refractivity contribution >= 4 is 22.0 Å². The summed E-state index contributed by atoms with van der Waals surface area (Å²) >= 11 is -2.29. The molecule has 1 aromatic carbocycles. The first-order valence-electron chi connectivity index (χ1n) is 9.87. The van der Waals surface area contributed by atoms with Crippen LogP contribution in [0.25, 0.3) is 3.59 Å². The molecule has 0 aliphatic heterocycles. The van der Waals surface area contributed by atoms with Crippen LogP contribution in [-0.2, 0) is 0 Å². The first kappa shape index (κ1) is 20.8. The number of benzene rings is 1. The summed E-state index contributed by atoms with van der Waals surface area (Å²) in [5.41, 5.74) is 2.91. The van der Waals surface area contributed by atoms with E-state index < -0.39 is 18.4 Å². The molecule has 0 atom stereocenters. The topological polar surface area (TPSA) is 0 Å². The van der Waals surface area contributed by atoms with E-state index in [4.69, 9.17) is 0 Å². The SMILES string of the molecule is C/C=[C](/c1ccc(C)cc1)[Sn]([CH2]CCC)([CH2]CCC)[CH2]CCC. The van der Waals surface area contributed by atoms with Gasteiger partial charge in [-0.15, -0.1) is 0 Å². The average Bonchev–Trinajstić information content (AvgIpc) is 2.58. The van der Waals surface area contributed by atoms with Crippen molar-refractivity contribution in [3.63, 3.8) is 0 Å². The van der Waals surface area contributed by atoms with E-state index in [-0.39, 0.29) is 0 Å². The molecule has 23 heavy (non-hydrogen) atoms. The van der Waals surface area contributed by atoms with E-state index in [1.54, 1.807) is 13.3 Å². The number of allylic oxidation sites excluding steroid dienone is 1. The van der Waals surface area contributed by atoms with Gasteiger partial charge in [0.15, 0.2) is 0 Å². The van der Waals surface area contributed by atoms with Crippen molar-refractivity contribution in [2.75, 3.05) is 0 Å². The Morgan fingerprint density at radius 1 is 0.826 bits per heavy atom. The second-order valence-corrected chi connectivity index (χ2v) is 20.3. The van der Waals surface area contributed by atoms with Gasteiger partial charge in [0.25, 0.3) is 0 Å². The van der Waals surface area contributed by atoms with Gasteiger partial charge in [-0.25, -0.2) is 0 Å². The van der Waals surface area contributed by atoms with E-state index in [1.807, 2.05) is 3.59 Å². The summed E-state index contributed by atoms with van der Waals surface area (Å²) in [6.45, 7) is 11.6. The van der Waals surface area contributed by atoms with Crippen molar-refractivity contribution in [2.45, 2.75) is 86.5 Å². The number of unbranched alkanes of at least 4 members (excludes halogenated alkanes) is 3. The van der Waals surface area contributed by atoms with Gasteiger partial charge in [0.2, 0.25) is 0 Å². The molecule has 0 nitrogen and oxygen atoms in total. The Hall–Kier alpha value is -0.241. The van der Waals surface area contributed by atoms with Crippen LogP contribution >= 0.6 is 0 Å². The fourth-order valence-corrected chi connectivity index (χ4v) is 21.1. The maximum absolute atomic E-state index is 2.50. The summed E-state index contributed by atoms with van der Waals surface area (Å²) in [7, 11) is 0. The van der Waals surface area contributed by atoms with Crippen molar-refractivity contribution in [1.29, 1.82) is 0 Å². The molecule has 0 saturated carbocycles. The van der Waals surface area contributed by atoms with Gasteiger partial charge < -0.3 is 0 Å². The Morgan fingerprint density at radius 3 is 1.61 bits per heavy atom. The molecule has 0 aliphatic rings. The molecule has 0 fully saturated rings. The average molecular weight is 421 g/mol. The third-order valence-corrected chi connectivity index (χ3v) is 21.4. The Bertz CT molecular complexity index is 434. The van der Waals surface area contributed by atoms with Crippen molar-refractivity contribution in [3.8, 4) is 0 Å². The second-order valence-electron chi connectivity index (χ2n) is 7.16. The summed E-state index contributed by atoms with van der Waals surface area (Å²) < 4.78 is 6.48. The molecule has 0 spiro atoms. The van der Waals surface area contributed by atoms with Crippen LogP contribution in [0.5, 0.6) is 0 Å². The minimum absolute atomic E-state index is 1.35. The van der Waals surface area contributed by atoms with Gasteiger partial charge in [-0.2, -0.15) is 0 Å².